The van der Waals surface area contributed by atoms with Crippen LogP contribution in [-0.4, -0.2) is 35.1 Å². The second-order valence-corrected chi connectivity index (χ2v) is 4.83. The minimum absolute atomic E-state index is 0.246. The molecular weight excluding hydrogens is 312 g/mol. The lowest BCUT2D eigenvalue weighted by Crippen LogP contribution is -2.04. The van der Waals surface area contributed by atoms with Gasteiger partial charge in [-0.1, -0.05) is 0 Å². The molecule has 8 heteroatoms. The molecule has 0 unspecified atom stereocenters. The van der Waals surface area contributed by atoms with Crippen LogP contribution >= 0.6 is 15.9 Å². The molecule has 0 aliphatic rings. The molecule has 0 saturated heterocycles. The molecule has 0 spiro atoms. The molecule has 0 amide bonds. The third-order valence-corrected chi connectivity index (χ3v) is 3.13. The Bertz CT molecular complexity index is 790. The fourth-order valence-electron chi connectivity index (χ4n) is 1.75. The van der Waals surface area contributed by atoms with E-state index in [1.165, 1.54) is 4.80 Å². The maximum absolute atomic E-state index is 12.3. The highest BCUT2D eigenvalue weighted by molar-refractivity contribution is 9.10. The van der Waals surface area contributed by atoms with Crippen molar-refractivity contribution in [1.82, 2.24) is 29.4 Å². The largest absolute Gasteiger partial charge is 0.303 e. The third-order valence-electron chi connectivity index (χ3n) is 2.59. The van der Waals surface area contributed by atoms with Gasteiger partial charge < -0.3 is 4.40 Å². The van der Waals surface area contributed by atoms with Crippen molar-refractivity contribution in [3.05, 3.63) is 40.3 Å². The molecule has 0 fully saturated rings. The summed E-state index contributed by atoms with van der Waals surface area (Å²) in [5, 5.41) is 8.00. The Morgan fingerprint density at radius 2 is 2.11 bits per heavy atom. The molecule has 96 valence electrons. The number of hydrogen-bond acceptors (Lipinski definition) is 5. The molecule has 3 aromatic rings. The molecule has 0 aromatic carbocycles. The molecule has 0 radical (unpaired) electrons. The summed E-state index contributed by atoms with van der Waals surface area (Å²) >= 11 is 3.21. The minimum atomic E-state index is -0.277. The number of nitrogens with zero attached hydrogens (tertiary/aromatic N) is 6. The Balaban J connectivity index is 2.09. The first kappa shape index (κ1) is 12.0. The number of fused-ring (bicyclic) bond motifs is 1. The van der Waals surface area contributed by atoms with E-state index in [9.17, 15) is 4.79 Å². The maximum Gasteiger partial charge on any atom is 0.236 e. The number of halogens is 1. The highest BCUT2D eigenvalue weighted by atomic mass is 79.9. The second kappa shape index (κ2) is 4.23. The highest BCUT2D eigenvalue weighted by Crippen LogP contribution is 2.15. The van der Waals surface area contributed by atoms with Crippen LogP contribution in [0.3, 0.4) is 0 Å². The van der Waals surface area contributed by atoms with E-state index in [-0.39, 0.29) is 11.5 Å². The van der Waals surface area contributed by atoms with Crippen molar-refractivity contribution < 1.29 is 4.79 Å². The van der Waals surface area contributed by atoms with Crippen molar-refractivity contribution in [3.8, 4) is 0 Å². The van der Waals surface area contributed by atoms with Crippen molar-refractivity contribution in [2.75, 3.05) is 0 Å². The van der Waals surface area contributed by atoms with E-state index in [4.69, 9.17) is 0 Å². The van der Waals surface area contributed by atoms with Gasteiger partial charge in [0.1, 0.15) is 5.69 Å². The summed E-state index contributed by atoms with van der Waals surface area (Å²) in [5.74, 6) is -0.277. The van der Waals surface area contributed by atoms with E-state index in [1.807, 2.05) is 13.1 Å². The van der Waals surface area contributed by atoms with E-state index in [0.717, 1.165) is 5.69 Å². The zero-order valence-corrected chi connectivity index (χ0v) is 11.8. The number of carbonyl (C=O) groups is 1. The monoisotopic (exact) mass is 320 g/mol. The fourth-order valence-corrected chi connectivity index (χ4v) is 2.24. The maximum atomic E-state index is 12.3. The summed E-state index contributed by atoms with van der Waals surface area (Å²) in [7, 11) is 1.65. The van der Waals surface area contributed by atoms with Crippen LogP contribution in [0.15, 0.2) is 23.2 Å². The van der Waals surface area contributed by atoms with Crippen LogP contribution in [0.2, 0.25) is 0 Å². The SMILES string of the molecule is Cc1cn2cc(C(=O)c3nn(C)nc3Br)nc2cn1. The highest BCUT2D eigenvalue weighted by Gasteiger charge is 2.20. The van der Waals surface area contributed by atoms with Gasteiger partial charge in [0, 0.05) is 19.4 Å². The first-order valence-corrected chi connectivity index (χ1v) is 6.27. The van der Waals surface area contributed by atoms with Crippen molar-refractivity contribution in [1.29, 1.82) is 0 Å². The zero-order chi connectivity index (χ0) is 13.6. The second-order valence-electron chi connectivity index (χ2n) is 4.08. The molecule has 7 nitrogen and oxygen atoms in total. The zero-order valence-electron chi connectivity index (χ0n) is 10.2. The van der Waals surface area contributed by atoms with Gasteiger partial charge in [0.15, 0.2) is 15.9 Å². The van der Waals surface area contributed by atoms with Gasteiger partial charge in [-0.05, 0) is 22.9 Å². The molecule has 3 aromatic heterocycles. The Morgan fingerprint density at radius 3 is 2.79 bits per heavy atom. The van der Waals surface area contributed by atoms with E-state index < -0.39 is 0 Å². The number of aromatic nitrogens is 6. The fraction of sp³-hybridized carbons (Fsp3) is 0.182. The normalized spacial score (nSPS) is 11.1. The lowest BCUT2D eigenvalue weighted by molar-refractivity contribution is 0.102. The van der Waals surface area contributed by atoms with Crippen LogP contribution in [0, 0.1) is 6.92 Å². The van der Waals surface area contributed by atoms with E-state index in [0.29, 0.717) is 15.9 Å². The molecule has 19 heavy (non-hydrogen) atoms. The predicted octanol–water partition coefficient (Wildman–Crippen LogP) is 1.16. The van der Waals surface area contributed by atoms with Gasteiger partial charge in [0.2, 0.25) is 5.78 Å². The minimum Gasteiger partial charge on any atom is -0.303 e. The lowest BCUT2D eigenvalue weighted by atomic mass is 10.2. The van der Waals surface area contributed by atoms with Gasteiger partial charge in [-0.15, -0.1) is 10.2 Å². The first-order chi connectivity index (χ1) is 9.04. The summed E-state index contributed by atoms with van der Waals surface area (Å²) < 4.78 is 2.17. The molecule has 0 saturated carbocycles. The van der Waals surface area contributed by atoms with Gasteiger partial charge in [0.05, 0.1) is 11.9 Å². The standard InChI is InChI=1S/C11H9BrN6O/c1-6-4-18-5-7(14-8(18)3-13-6)10(19)9-11(12)16-17(2)15-9/h3-5H,1-2H3. The van der Waals surface area contributed by atoms with Crippen molar-refractivity contribution in [3.63, 3.8) is 0 Å². The Kier molecular flexibility index (Phi) is 2.67. The smallest absolute Gasteiger partial charge is 0.236 e. The molecule has 0 aliphatic carbocycles. The van der Waals surface area contributed by atoms with Gasteiger partial charge in [0.25, 0.3) is 0 Å². The average molecular weight is 321 g/mol. The number of imidazole rings is 1. The summed E-state index contributed by atoms with van der Waals surface area (Å²) in [6.45, 7) is 1.88. The van der Waals surface area contributed by atoms with Crippen LogP contribution in [0.4, 0.5) is 0 Å². The molecular formula is C11H9BrN6O. The van der Waals surface area contributed by atoms with Crippen molar-refractivity contribution in [2.24, 2.45) is 7.05 Å². The molecule has 3 rings (SSSR count). The summed E-state index contributed by atoms with van der Waals surface area (Å²) in [6, 6.07) is 0. The Morgan fingerprint density at radius 1 is 1.32 bits per heavy atom. The average Bonchev–Trinajstić information content (AvgIpc) is 2.91. The van der Waals surface area contributed by atoms with Gasteiger partial charge in [-0.2, -0.15) is 4.80 Å². The summed E-state index contributed by atoms with van der Waals surface area (Å²) in [4.78, 5) is 22.0. The topological polar surface area (TPSA) is 78.0 Å². The van der Waals surface area contributed by atoms with Crippen molar-refractivity contribution in [2.45, 2.75) is 6.92 Å². The molecule has 0 N–H and O–H groups in total. The third kappa shape index (κ3) is 2.03. The number of hydrogen-bond donors (Lipinski definition) is 0. The number of carbonyl (C=O) groups excluding carboxylic acids is 1. The van der Waals surface area contributed by atoms with Crippen LogP contribution in [-0.2, 0) is 7.05 Å². The van der Waals surface area contributed by atoms with Crippen LogP contribution < -0.4 is 0 Å². The Labute approximate surface area is 116 Å². The van der Waals surface area contributed by atoms with Gasteiger partial charge >= 0.3 is 0 Å². The van der Waals surface area contributed by atoms with E-state index >= 15 is 0 Å². The number of aryl methyl sites for hydroxylation is 2. The van der Waals surface area contributed by atoms with Crippen molar-refractivity contribution >= 4 is 27.4 Å². The number of rotatable bonds is 2. The lowest BCUT2D eigenvalue weighted by Gasteiger charge is -1.92. The van der Waals surface area contributed by atoms with Gasteiger partial charge in [-0.25, -0.2) is 4.98 Å². The first-order valence-electron chi connectivity index (χ1n) is 5.47. The van der Waals surface area contributed by atoms with Crippen LogP contribution in [0.5, 0.6) is 0 Å². The number of ketones is 1. The molecule has 0 atom stereocenters. The van der Waals surface area contributed by atoms with Crippen LogP contribution in [0.25, 0.3) is 5.65 Å². The summed E-state index contributed by atoms with van der Waals surface area (Å²) in [5.41, 5.74) is 2.03. The van der Waals surface area contributed by atoms with E-state index in [1.54, 1.807) is 23.8 Å². The van der Waals surface area contributed by atoms with E-state index in [2.05, 4.69) is 36.1 Å². The molecule has 3 heterocycles. The molecule has 0 aliphatic heterocycles. The Hall–Kier alpha value is -2.09. The molecule has 0 bridgehead atoms. The predicted molar refractivity (Wildman–Crippen MR) is 69.9 cm³/mol. The van der Waals surface area contributed by atoms with Gasteiger partial charge in [-0.3, -0.25) is 9.78 Å². The quantitative estimate of drug-likeness (QED) is 0.662. The summed E-state index contributed by atoms with van der Waals surface area (Å²) in [6.07, 6.45) is 5.09. The van der Waals surface area contributed by atoms with Crippen LogP contribution in [0.1, 0.15) is 21.9 Å².